The first-order valence-corrected chi connectivity index (χ1v) is 11.3. The molecule has 3 aromatic rings. The Morgan fingerprint density at radius 3 is 2.09 bits per heavy atom. The third kappa shape index (κ3) is 4.71. The first-order valence-electron chi connectivity index (χ1n) is 11.3. The molecule has 0 aliphatic carbocycles. The summed E-state index contributed by atoms with van der Waals surface area (Å²) in [5.41, 5.74) is 3.17. The number of ketones is 1. The first kappa shape index (κ1) is 23.9. The van der Waals surface area contributed by atoms with Crippen molar-refractivity contribution >= 4 is 34.7 Å². The maximum atomic E-state index is 13.3. The van der Waals surface area contributed by atoms with Crippen molar-refractivity contribution in [1.29, 1.82) is 0 Å². The van der Waals surface area contributed by atoms with E-state index in [0.717, 1.165) is 5.56 Å². The van der Waals surface area contributed by atoms with Crippen LogP contribution in [-0.2, 0) is 19.8 Å². The van der Waals surface area contributed by atoms with Crippen LogP contribution in [0.4, 0.5) is 11.4 Å². The smallest absolute Gasteiger partial charge is 0.300 e. The van der Waals surface area contributed by atoms with Crippen molar-refractivity contribution < 1.29 is 19.5 Å². The van der Waals surface area contributed by atoms with Crippen LogP contribution in [0.2, 0.25) is 0 Å². The number of aliphatic hydroxyl groups excluding tert-OH is 1. The zero-order valence-corrected chi connectivity index (χ0v) is 20.1. The summed E-state index contributed by atoms with van der Waals surface area (Å²) in [5.74, 6) is -1.98. The van der Waals surface area contributed by atoms with Gasteiger partial charge in [0.2, 0.25) is 5.91 Å². The number of aromatic nitrogens is 1. The lowest BCUT2D eigenvalue weighted by atomic mass is 9.85. The highest BCUT2D eigenvalue weighted by atomic mass is 16.3. The Balaban J connectivity index is 1.87. The van der Waals surface area contributed by atoms with Crippen molar-refractivity contribution in [2.45, 2.75) is 39.2 Å². The average Bonchev–Trinajstić information content (AvgIpc) is 3.09. The van der Waals surface area contributed by atoms with Crippen LogP contribution in [0.1, 0.15) is 50.4 Å². The minimum atomic E-state index is -0.830. The van der Waals surface area contributed by atoms with Crippen LogP contribution in [0.5, 0.6) is 0 Å². The van der Waals surface area contributed by atoms with Crippen molar-refractivity contribution in [2.24, 2.45) is 0 Å². The number of rotatable bonds is 4. The van der Waals surface area contributed by atoms with Gasteiger partial charge in [-0.25, -0.2) is 0 Å². The number of amides is 2. The second kappa shape index (κ2) is 9.18. The third-order valence-electron chi connectivity index (χ3n) is 5.96. The van der Waals surface area contributed by atoms with Gasteiger partial charge in [-0.15, -0.1) is 0 Å². The van der Waals surface area contributed by atoms with Crippen LogP contribution >= 0.6 is 0 Å². The van der Waals surface area contributed by atoms with Crippen molar-refractivity contribution in [3.63, 3.8) is 0 Å². The minimum Gasteiger partial charge on any atom is -0.507 e. The molecule has 1 saturated heterocycles. The maximum absolute atomic E-state index is 13.3. The van der Waals surface area contributed by atoms with E-state index in [1.807, 2.05) is 24.3 Å². The van der Waals surface area contributed by atoms with Gasteiger partial charge in [0.05, 0.1) is 11.6 Å². The normalized spacial score (nSPS) is 17.5. The highest BCUT2D eigenvalue weighted by molar-refractivity contribution is 6.51. The van der Waals surface area contributed by atoms with Crippen molar-refractivity contribution in [1.82, 2.24) is 4.98 Å². The van der Waals surface area contributed by atoms with Crippen LogP contribution in [-0.4, -0.2) is 27.7 Å². The van der Waals surface area contributed by atoms with Gasteiger partial charge in [0.1, 0.15) is 5.76 Å². The lowest BCUT2D eigenvalue weighted by Gasteiger charge is -2.26. The average molecular weight is 470 g/mol. The molecule has 4 rings (SSSR count). The highest BCUT2D eigenvalue weighted by Crippen LogP contribution is 2.42. The van der Waals surface area contributed by atoms with Gasteiger partial charge in [0.25, 0.3) is 11.7 Å². The Labute approximate surface area is 204 Å². The van der Waals surface area contributed by atoms with E-state index >= 15 is 0 Å². The number of carbonyl (C=O) groups is 3. The van der Waals surface area contributed by atoms with E-state index in [-0.39, 0.29) is 22.7 Å². The topological polar surface area (TPSA) is 99.6 Å². The Bertz CT molecular complexity index is 1310. The molecule has 0 saturated carbocycles. The fourth-order valence-electron chi connectivity index (χ4n) is 4.15. The predicted molar refractivity (Wildman–Crippen MR) is 135 cm³/mol. The monoisotopic (exact) mass is 469 g/mol. The number of hydrogen-bond donors (Lipinski definition) is 2. The van der Waals surface area contributed by atoms with Gasteiger partial charge in [0.15, 0.2) is 0 Å². The molecule has 1 aromatic heterocycles. The molecular weight excluding hydrogens is 442 g/mol. The fraction of sp³-hybridized carbons (Fsp3) is 0.214. The summed E-state index contributed by atoms with van der Waals surface area (Å²) in [4.78, 5) is 43.2. The molecule has 1 atom stereocenters. The molecule has 7 nitrogen and oxygen atoms in total. The van der Waals surface area contributed by atoms with E-state index in [1.165, 1.54) is 24.2 Å². The number of nitrogens with zero attached hydrogens (tertiary/aromatic N) is 2. The molecule has 2 amide bonds. The zero-order chi connectivity index (χ0) is 25.3. The summed E-state index contributed by atoms with van der Waals surface area (Å²) in [5, 5.41) is 13.8. The Morgan fingerprint density at radius 2 is 1.54 bits per heavy atom. The molecule has 1 aliphatic rings. The number of benzene rings is 2. The van der Waals surface area contributed by atoms with E-state index < -0.39 is 17.7 Å². The fourth-order valence-corrected chi connectivity index (χ4v) is 4.15. The summed E-state index contributed by atoms with van der Waals surface area (Å²) in [7, 11) is 0. The Hall–Kier alpha value is -4.26. The second-order valence-electron chi connectivity index (χ2n) is 9.51. The lowest BCUT2D eigenvalue weighted by molar-refractivity contribution is -0.132. The summed E-state index contributed by atoms with van der Waals surface area (Å²) < 4.78 is 0. The van der Waals surface area contributed by atoms with Crippen LogP contribution in [0.3, 0.4) is 0 Å². The van der Waals surface area contributed by atoms with Gasteiger partial charge in [-0.2, -0.15) is 0 Å². The molecule has 2 N–H and O–H groups in total. The molecule has 1 aliphatic heterocycles. The van der Waals surface area contributed by atoms with E-state index in [4.69, 9.17) is 0 Å². The quantitative estimate of drug-likeness (QED) is 0.319. The van der Waals surface area contributed by atoms with Crippen LogP contribution in [0, 0.1) is 0 Å². The number of anilines is 2. The minimum absolute atomic E-state index is 0.00986. The second-order valence-corrected chi connectivity index (χ2v) is 9.51. The van der Waals surface area contributed by atoms with Crippen LogP contribution in [0.25, 0.3) is 5.76 Å². The molecule has 178 valence electrons. The summed E-state index contributed by atoms with van der Waals surface area (Å²) in [6.45, 7) is 7.73. The van der Waals surface area contributed by atoms with Gasteiger partial charge in [-0.3, -0.25) is 24.3 Å². The number of aliphatic hydroxyl groups is 1. The van der Waals surface area contributed by atoms with Gasteiger partial charge in [0, 0.05) is 36.3 Å². The summed E-state index contributed by atoms with van der Waals surface area (Å²) >= 11 is 0. The van der Waals surface area contributed by atoms with Crippen molar-refractivity contribution in [3.8, 4) is 0 Å². The van der Waals surface area contributed by atoms with Gasteiger partial charge in [-0.1, -0.05) is 45.0 Å². The molecule has 2 aromatic carbocycles. The summed E-state index contributed by atoms with van der Waals surface area (Å²) in [6.07, 6.45) is 3.03. The van der Waals surface area contributed by atoms with E-state index in [1.54, 1.807) is 36.4 Å². The number of Topliss-reactive ketones (excluding diaryl/α,β-unsaturated/α-hetero) is 1. The van der Waals surface area contributed by atoms with Crippen LogP contribution < -0.4 is 10.2 Å². The molecule has 2 heterocycles. The molecule has 35 heavy (non-hydrogen) atoms. The first-order chi connectivity index (χ1) is 16.6. The van der Waals surface area contributed by atoms with E-state index in [2.05, 4.69) is 31.1 Å². The zero-order valence-electron chi connectivity index (χ0n) is 20.1. The van der Waals surface area contributed by atoms with Crippen molar-refractivity contribution in [3.05, 3.63) is 95.3 Å². The van der Waals surface area contributed by atoms with Crippen molar-refractivity contribution in [2.75, 3.05) is 10.2 Å². The highest BCUT2D eigenvalue weighted by Gasteiger charge is 2.47. The molecular formula is C28H27N3O4. The van der Waals surface area contributed by atoms with Gasteiger partial charge < -0.3 is 10.4 Å². The van der Waals surface area contributed by atoms with Gasteiger partial charge in [-0.05, 0) is 52.9 Å². The molecule has 7 heteroatoms. The maximum Gasteiger partial charge on any atom is 0.300 e. The molecule has 0 radical (unpaired) electrons. The largest absolute Gasteiger partial charge is 0.507 e. The van der Waals surface area contributed by atoms with Gasteiger partial charge >= 0.3 is 0 Å². The third-order valence-corrected chi connectivity index (χ3v) is 5.96. The van der Waals surface area contributed by atoms with E-state index in [0.29, 0.717) is 22.5 Å². The Morgan fingerprint density at radius 1 is 0.943 bits per heavy atom. The number of carbonyl (C=O) groups excluding carboxylic acids is 3. The molecule has 1 fully saturated rings. The number of nitrogens with one attached hydrogen (secondary N) is 1. The number of hydrogen-bond acceptors (Lipinski definition) is 5. The summed E-state index contributed by atoms with van der Waals surface area (Å²) in [6, 6.07) is 16.7. The molecule has 0 spiro atoms. The number of pyridine rings is 1. The molecule has 1 unspecified atom stereocenters. The molecule has 0 bridgehead atoms. The lowest BCUT2D eigenvalue weighted by Crippen LogP contribution is -2.29. The predicted octanol–water partition coefficient (Wildman–Crippen LogP) is 4.96. The SMILES string of the molecule is CC(=O)Nc1ccc(N2C(=O)C(=O)/C(=C(\O)c3ccncc3)C2c2ccc(C(C)(C)C)cc2)cc1. The van der Waals surface area contributed by atoms with Crippen LogP contribution in [0.15, 0.2) is 78.6 Å². The van der Waals surface area contributed by atoms with E-state index in [9.17, 15) is 19.5 Å². The Kier molecular flexibility index (Phi) is 6.26. The standard InChI is InChI=1S/C28H27N3O4/c1-17(32)30-21-9-11-22(12-10-21)31-24(18-5-7-20(8-6-18)28(2,3)4)23(26(34)27(31)35)25(33)19-13-15-29-16-14-19/h5-16,24,33H,1-4H3,(H,30,32)/b25-23-.